The maximum absolute atomic E-state index is 13.5. The minimum absolute atomic E-state index is 0.0546. The van der Waals surface area contributed by atoms with E-state index in [1.165, 1.54) is 0 Å². The first-order chi connectivity index (χ1) is 9.23. The average molecular weight is 309 g/mol. The highest BCUT2D eigenvalue weighted by molar-refractivity contribution is 7.89. The van der Waals surface area contributed by atoms with Crippen molar-refractivity contribution in [2.75, 3.05) is 13.1 Å². The summed E-state index contributed by atoms with van der Waals surface area (Å²) >= 11 is 0. The van der Waals surface area contributed by atoms with Crippen LogP contribution in [0.4, 0.5) is 13.2 Å². The number of carbonyl (C=O) groups is 1. The van der Waals surface area contributed by atoms with Gasteiger partial charge < -0.3 is 5.11 Å². The fraction of sp³-hybridized carbons (Fsp3) is 0.364. The molecule has 110 valence electrons. The molecule has 0 bridgehead atoms. The summed E-state index contributed by atoms with van der Waals surface area (Å²) in [5.41, 5.74) is 0. The minimum atomic E-state index is -4.53. The number of carboxylic acids is 1. The fourth-order valence-electron chi connectivity index (χ4n) is 2.05. The van der Waals surface area contributed by atoms with Gasteiger partial charge in [-0.1, -0.05) is 0 Å². The molecular formula is C11H10F3NO4S. The second-order valence-corrected chi connectivity index (χ2v) is 6.26. The first-order valence-electron chi connectivity index (χ1n) is 5.61. The molecule has 0 radical (unpaired) electrons. The maximum Gasteiger partial charge on any atom is 0.307 e. The van der Waals surface area contributed by atoms with E-state index in [9.17, 15) is 26.4 Å². The van der Waals surface area contributed by atoms with E-state index in [1.807, 2.05) is 0 Å². The molecule has 1 aliphatic heterocycles. The van der Waals surface area contributed by atoms with Gasteiger partial charge in [-0.15, -0.1) is 0 Å². The van der Waals surface area contributed by atoms with E-state index in [0.29, 0.717) is 4.31 Å². The van der Waals surface area contributed by atoms with E-state index in [-0.39, 0.29) is 31.6 Å². The van der Waals surface area contributed by atoms with Crippen LogP contribution in [0, 0.1) is 23.4 Å². The van der Waals surface area contributed by atoms with Crippen molar-refractivity contribution >= 4 is 16.0 Å². The third-order valence-corrected chi connectivity index (χ3v) is 4.98. The Bertz CT molecular complexity index is 639. The number of halogens is 3. The van der Waals surface area contributed by atoms with Crippen LogP contribution in [0.5, 0.6) is 0 Å². The monoisotopic (exact) mass is 309 g/mol. The molecule has 0 spiro atoms. The third-order valence-electron chi connectivity index (χ3n) is 3.06. The van der Waals surface area contributed by atoms with Crippen LogP contribution in [0.1, 0.15) is 6.42 Å². The Morgan fingerprint density at radius 2 is 1.80 bits per heavy atom. The Kier molecular flexibility index (Phi) is 3.74. The lowest BCUT2D eigenvalue weighted by Crippen LogP contribution is -2.31. The SMILES string of the molecule is O=C(O)[C@@H]1CCN(S(=O)(=O)c2c(F)cc(F)cc2F)C1. The molecule has 1 atom stereocenters. The van der Waals surface area contributed by atoms with Crippen LogP contribution in [0.25, 0.3) is 0 Å². The van der Waals surface area contributed by atoms with E-state index >= 15 is 0 Å². The second-order valence-electron chi connectivity index (χ2n) is 4.39. The maximum atomic E-state index is 13.5. The molecule has 1 aromatic rings. The largest absolute Gasteiger partial charge is 0.481 e. The number of benzene rings is 1. The van der Waals surface area contributed by atoms with Crippen LogP contribution >= 0.6 is 0 Å². The molecule has 20 heavy (non-hydrogen) atoms. The number of nitrogens with zero attached hydrogens (tertiary/aromatic N) is 1. The van der Waals surface area contributed by atoms with Crippen LogP contribution in [0.2, 0.25) is 0 Å². The van der Waals surface area contributed by atoms with Crippen LogP contribution in [0.3, 0.4) is 0 Å². The molecule has 1 heterocycles. The second kappa shape index (κ2) is 5.06. The van der Waals surface area contributed by atoms with Crippen LogP contribution < -0.4 is 0 Å². The Morgan fingerprint density at radius 1 is 1.25 bits per heavy atom. The van der Waals surface area contributed by atoms with Crippen molar-refractivity contribution in [3.05, 3.63) is 29.6 Å². The standard InChI is InChI=1S/C11H10F3NO4S/c12-7-3-8(13)10(9(14)4-7)20(18,19)15-2-1-6(5-15)11(16)17/h3-4,6H,1-2,5H2,(H,16,17)/t6-/m1/s1. The highest BCUT2D eigenvalue weighted by atomic mass is 32.2. The molecule has 1 aromatic carbocycles. The van der Waals surface area contributed by atoms with Gasteiger partial charge in [-0.3, -0.25) is 4.79 Å². The molecular weight excluding hydrogens is 299 g/mol. The minimum Gasteiger partial charge on any atom is -0.481 e. The van der Waals surface area contributed by atoms with E-state index < -0.39 is 44.3 Å². The van der Waals surface area contributed by atoms with Gasteiger partial charge in [-0.25, -0.2) is 21.6 Å². The van der Waals surface area contributed by atoms with Crippen LogP contribution in [-0.4, -0.2) is 36.9 Å². The van der Waals surface area contributed by atoms with Crippen molar-refractivity contribution in [1.82, 2.24) is 4.31 Å². The Hall–Kier alpha value is -1.61. The van der Waals surface area contributed by atoms with E-state index in [2.05, 4.69) is 0 Å². The van der Waals surface area contributed by atoms with Crippen molar-refractivity contribution in [2.24, 2.45) is 5.92 Å². The fourth-order valence-corrected chi connectivity index (χ4v) is 3.64. The predicted octanol–water partition coefficient (Wildman–Crippen LogP) is 1.20. The van der Waals surface area contributed by atoms with Crippen molar-refractivity contribution in [3.63, 3.8) is 0 Å². The molecule has 9 heteroatoms. The summed E-state index contributed by atoms with van der Waals surface area (Å²) in [5.74, 6) is -6.41. The third kappa shape index (κ3) is 2.50. The molecule has 0 amide bonds. The Balaban J connectivity index is 2.40. The lowest BCUT2D eigenvalue weighted by Gasteiger charge is -2.16. The number of aliphatic carboxylic acids is 1. The van der Waals surface area contributed by atoms with Crippen molar-refractivity contribution < 1.29 is 31.5 Å². The molecule has 5 nitrogen and oxygen atoms in total. The lowest BCUT2D eigenvalue weighted by atomic mass is 10.1. The van der Waals surface area contributed by atoms with Gasteiger partial charge in [0, 0.05) is 25.2 Å². The van der Waals surface area contributed by atoms with Gasteiger partial charge in [0.15, 0.2) is 4.90 Å². The molecule has 1 fully saturated rings. The first kappa shape index (κ1) is 14.8. The molecule has 1 aliphatic rings. The molecule has 0 aromatic heterocycles. The zero-order chi connectivity index (χ0) is 15.1. The smallest absolute Gasteiger partial charge is 0.307 e. The molecule has 0 aliphatic carbocycles. The summed E-state index contributed by atoms with van der Waals surface area (Å²) < 4.78 is 64.7. The van der Waals surface area contributed by atoms with Gasteiger partial charge in [0.2, 0.25) is 10.0 Å². The highest BCUT2D eigenvalue weighted by Crippen LogP contribution is 2.28. The van der Waals surface area contributed by atoms with Crippen LogP contribution in [0.15, 0.2) is 17.0 Å². The molecule has 2 rings (SSSR count). The van der Waals surface area contributed by atoms with Crippen molar-refractivity contribution in [2.45, 2.75) is 11.3 Å². The summed E-state index contributed by atoms with van der Waals surface area (Å²) in [6, 6.07) is 0.529. The average Bonchev–Trinajstić information content (AvgIpc) is 2.76. The molecule has 1 saturated heterocycles. The summed E-state index contributed by atoms with van der Waals surface area (Å²) in [4.78, 5) is 9.51. The molecule has 0 saturated carbocycles. The van der Waals surface area contributed by atoms with Gasteiger partial charge in [-0.05, 0) is 6.42 Å². The van der Waals surface area contributed by atoms with Crippen molar-refractivity contribution in [3.8, 4) is 0 Å². The Labute approximate surface area is 112 Å². The summed E-state index contributed by atoms with van der Waals surface area (Å²) in [6.07, 6.45) is 0.0546. The normalized spacial score (nSPS) is 20.2. The summed E-state index contributed by atoms with van der Waals surface area (Å²) in [5, 5.41) is 8.79. The van der Waals surface area contributed by atoms with E-state index in [0.717, 1.165) is 0 Å². The number of hydrogen-bond donors (Lipinski definition) is 1. The zero-order valence-electron chi connectivity index (χ0n) is 10.0. The number of carboxylic acid groups (broad SMARTS) is 1. The van der Waals surface area contributed by atoms with Gasteiger partial charge in [0.25, 0.3) is 0 Å². The molecule has 0 unspecified atom stereocenters. The van der Waals surface area contributed by atoms with E-state index in [4.69, 9.17) is 5.11 Å². The number of hydrogen-bond acceptors (Lipinski definition) is 3. The quantitative estimate of drug-likeness (QED) is 0.910. The topological polar surface area (TPSA) is 74.7 Å². The molecule has 1 N–H and O–H groups in total. The predicted molar refractivity (Wildman–Crippen MR) is 60.8 cm³/mol. The van der Waals surface area contributed by atoms with Crippen LogP contribution in [-0.2, 0) is 14.8 Å². The summed E-state index contributed by atoms with van der Waals surface area (Å²) in [7, 11) is -4.53. The lowest BCUT2D eigenvalue weighted by molar-refractivity contribution is -0.141. The van der Waals surface area contributed by atoms with Gasteiger partial charge in [0.1, 0.15) is 17.5 Å². The Morgan fingerprint density at radius 3 is 2.25 bits per heavy atom. The summed E-state index contributed by atoms with van der Waals surface area (Å²) in [6.45, 7) is -0.524. The van der Waals surface area contributed by atoms with Gasteiger partial charge in [-0.2, -0.15) is 4.31 Å². The van der Waals surface area contributed by atoms with Crippen molar-refractivity contribution in [1.29, 1.82) is 0 Å². The van der Waals surface area contributed by atoms with Gasteiger partial charge in [0.05, 0.1) is 5.92 Å². The zero-order valence-corrected chi connectivity index (χ0v) is 10.8. The van der Waals surface area contributed by atoms with E-state index in [1.54, 1.807) is 0 Å². The van der Waals surface area contributed by atoms with Gasteiger partial charge >= 0.3 is 5.97 Å². The number of sulfonamides is 1. The first-order valence-corrected chi connectivity index (χ1v) is 7.05. The number of rotatable bonds is 3. The highest BCUT2D eigenvalue weighted by Gasteiger charge is 2.38.